The molecule has 0 aliphatic heterocycles. The Balaban J connectivity index is 2.90. The second-order valence-corrected chi connectivity index (χ2v) is 6.62. The average Bonchev–Trinajstić information content (AvgIpc) is 2.33. The van der Waals surface area contributed by atoms with Gasteiger partial charge in [-0.25, -0.2) is 18.1 Å². The number of pyridine rings is 1. The largest absolute Gasteiger partial charge is 0.243 e. The molecule has 0 radical (unpaired) electrons. The molecule has 0 aliphatic rings. The molecule has 0 amide bonds. The van der Waals surface area contributed by atoms with Gasteiger partial charge >= 0.3 is 0 Å². The van der Waals surface area contributed by atoms with Crippen molar-refractivity contribution in [3.63, 3.8) is 0 Å². The standard InChI is InChI=1S/C11H15ClN2O2S2/c1-4-9(17-3)6-14-18(15,16)10-5-8(2)11(12)13-7-10/h4-5,7,14H,6H2,1-3H3. The smallest absolute Gasteiger partial charge is 0.242 e. The molecule has 1 aromatic heterocycles. The third kappa shape index (κ3) is 3.98. The van der Waals surface area contributed by atoms with Crippen LogP contribution in [0.3, 0.4) is 0 Å². The van der Waals surface area contributed by atoms with E-state index in [0.717, 1.165) is 4.91 Å². The van der Waals surface area contributed by atoms with Gasteiger partial charge in [0, 0.05) is 12.7 Å². The summed E-state index contributed by atoms with van der Waals surface area (Å²) in [7, 11) is -3.54. The van der Waals surface area contributed by atoms with Crippen LogP contribution in [0.25, 0.3) is 0 Å². The molecule has 0 aliphatic carbocycles. The third-order valence-electron chi connectivity index (χ3n) is 2.32. The van der Waals surface area contributed by atoms with Crippen LogP contribution >= 0.6 is 23.4 Å². The molecule has 0 saturated carbocycles. The van der Waals surface area contributed by atoms with Crippen LogP contribution in [0.2, 0.25) is 5.15 Å². The number of allylic oxidation sites excluding steroid dienone is 1. The molecule has 0 fully saturated rings. The molecule has 1 rings (SSSR count). The summed E-state index contributed by atoms with van der Waals surface area (Å²) in [6.07, 6.45) is 5.03. The maximum atomic E-state index is 12.0. The van der Waals surface area contributed by atoms with Crippen LogP contribution in [0.4, 0.5) is 0 Å². The quantitative estimate of drug-likeness (QED) is 0.850. The predicted molar refractivity (Wildman–Crippen MR) is 76.4 cm³/mol. The number of aryl methyl sites for hydroxylation is 1. The minimum atomic E-state index is -3.54. The van der Waals surface area contributed by atoms with Crippen LogP contribution in [0.1, 0.15) is 12.5 Å². The van der Waals surface area contributed by atoms with Gasteiger partial charge < -0.3 is 0 Å². The van der Waals surface area contributed by atoms with E-state index in [1.54, 1.807) is 6.92 Å². The zero-order valence-corrected chi connectivity index (χ0v) is 12.8. The molecule has 1 aromatic rings. The lowest BCUT2D eigenvalue weighted by Gasteiger charge is -2.08. The lowest BCUT2D eigenvalue weighted by Crippen LogP contribution is -2.25. The number of hydrogen-bond donors (Lipinski definition) is 1. The predicted octanol–water partition coefficient (Wildman–Crippen LogP) is 2.59. The maximum absolute atomic E-state index is 12.0. The monoisotopic (exact) mass is 306 g/mol. The number of nitrogens with one attached hydrogen (secondary N) is 1. The Morgan fingerprint density at radius 1 is 1.61 bits per heavy atom. The molecular weight excluding hydrogens is 292 g/mol. The van der Waals surface area contributed by atoms with E-state index in [9.17, 15) is 8.42 Å². The molecule has 0 unspecified atom stereocenters. The Bertz CT molecular complexity index is 556. The Labute approximate surface area is 117 Å². The molecule has 18 heavy (non-hydrogen) atoms. The van der Waals surface area contributed by atoms with Crippen molar-refractivity contribution in [1.29, 1.82) is 0 Å². The molecule has 0 atom stereocenters. The van der Waals surface area contributed by atoms with Gasteiger partial charge in [0.25, 0.3) is 0 Å². The van der Waals surface area contributed by atoms with Gasteiger partial charge in [-0.05, 0) is 36.6 Å². The Kier molecular flexibility index (Phi) is 5.65. The molecule has 4 nitrogen and oxygen atoms in total. The van der Waals surface area contributed by atoms with E-state index >= 15 is 0 Å². The highest BCUT2D eigenvalue weighted by Crippen LogP contribution is 2.17. The van der Waals surface area contributed by atoms with E-state index in [1.165, 1.54) is 24.0 Å². The van der Waals surface area contributed by atoms with E-state index in [2.05, 4.69) is 9.71 Å². The van der Waals surface area contributed by atoms with Gasteiger partial charge in [0.05, 0.1) is 0 Å². The zero-order valence-electron chi connectivity index (χ0n) is 10.4. The second-order valence-electron chi connectivity index (χ2n) is 3.56. The zero-order chi connectivity index (χ0) is 13.8. The minimum absolute atomic E-state index is 0.126. The van der Waals surface area contributed by atoms with E-state index < -0.39 is 10.0 Å². The number of sulfonamides is 1. The van der Waals surface area contributed by atoms with Crippen molar-refractivity contribution in [2.75, 3.05) is 12.8 Å². The molecule has 100 valence electrons. The van der Waals surface area contributed by atoms with Gasteiger partial charge in [-0.3, -0.25) is 0 Å². The summed E-state index contributed by atoms with van der Waals surface area (Å²) in [4.78, 5) is 4.92. The summed E-state index contributed by atoms with van der Waals surface area (Å²) >= 11 is 7.27. The lowest BCUT2D eigenvalue weighted by molar-refractivity contribution is 0.585. The van der Waals surface area contributed by atoms with Crippen molar-refractivity contribution in [3.05, 3.63) is 34.0 Å². The normalized spacial score (nSPS) is 12.8. The fourth-order valence-corrected chi connectivity index (χ4v) is 2.90. The molecule has 1 heterocycles. The highest BCUT2D eigenvalue weighted by molar-refractivity contribution is 8.02. The lowest BCUT2D eigenvalue weighted by atomic mass is 10.3. The molecule has 0 bridgehead atoms. The molecule has 7 heteroatoms. The van der Waals surface area contributed by atoms with Crippen LogP contribution in [-0.2, 0) is 10.0 Å². The van der Waals surface area contributed by atoms with Crippen molar-refractivity contribution >= 4 is 33.4 Å². The van der Waals surface area contributed by atoms with Gasteiger partial charge in [-0.1, -0.05) is 17.7 Å². The SMILES string of the molecule is CC=C(CNS(=O)(=O)c1cnc(Cl)c(C)c1)SC. The van der Waals surface area contributed by atoms with E-state index in [-0.39, 0.29) is 11.4 Å². The highest BCUT2D eigenvalue weighted by Gasteiger charge is 2.15. The van der Waals surface area contributed by atoms with Gasteiger partial charge in [0.2, 0.25) is 10.0 Å². The van der Waals surface area contributed by atoms with Crippen LogP contribution in [0.15, 0.2) is 28.1 Å². The number of halogens is 1. The highest BCUT2D eigenvalue weighted by atomic mass is 35.5. The first-order valence-corrected chi connectivity index (χ1v) is 8.30. The van der Waals surface area contributed by atoms with Gasteiger partial charge in [0.15, 0.2) is 0 Å². The Morgan fingerprint density at radius 3 is 2.78 bits per heavy atom. The molecule has 0 saturated heterocycles. The van der Waals surface area contributed by atoms with Crippen LogP contribution in [-0.4, -0.2) is 26.2 Å². The van der Waals surface area contributed by atoms with E-state index in [0.29, 0.717) is 10.7 Å². The molecule has 0 aromatic carbocycles. The first-order chi connectivity index (χ1) is 8.40. The number of hydrogen-bond acceptors (Lipinski definition) is 4. The first kappa shape index (κ1) is 15.5. The Hall–Kier alpha value is -0.560. The minimum Gasteiger partial charge on any atom is -0.243 e. The fraction of sp³-hybridized carbons (Fsp3) is 0.364. The van der Waals surface area contributed by atoms with E-state index in [1.807, 2.05) is 19.3 Å². The fourth-order valence-electron chi connectivity index (χ4n) is 1.22. The summed E-state index contributed by atoms with van der Waals surface area (Å²) in [6.45, 7) is 3.86. The van der Waals surface area contributed by atoms with Crippen LogP contribution in [0.5, 0.6) is 0 Å². The summed E-state index contributed by atoms with van der Waals surface area (Å²) in [5.41, 5.74) is 0.635. The van der Waals surface area contributed by atoms with E-state index in [4.69, 9.17) is 11.6 Å². The van der Waals surface area contributed by atoms with Gasteiger partial charge in [-0.15, -0.1) is 11.8 Å². The second kappa shape index (κ2) is 6.56. The molecule has 0 spiro atoms. The maximum Gasteiger partial charge on any atom is 0.242 e. The first-order valence-electron chi connectivity index (χ1n) is 5.21. The van der Waals surface area contributed by atoms with Crippen molar-refractivity contribution in [3.8, 4) is 0 Å². The van der Waals surface area contributed by atoms with Crippen LogP contribution < -0.4 is 4.72 Å². The third-order valence-corrected chi connectivity index (χ3v) is 4.99. The topological polar surface area (TPSA) is 59.1 Å². The average molecular weight is 307 g/mol. The van der Waals surface area contributed by atoms with Crippen molar-refractivity contribution < 1.29 is 8.42 Å². The van der Waals surface area contributed by atoms with Gasteiger partial charge in [-0.2, -0.15) is 0 Å². The van der Waals surface area contributed by atoms with Crippen LogP contribution in [0, 0.1) is 6.92 Å². The number of thioether (sulfide) groups is 1. The number of nitrogens with zero attached hydrogens (tertiary/aromatic N) is 1. The van der Waals surface area contributed by atoms with Gasteiger partial charge in [0.1, 0.15) is 10.0 Å². The molecule has 1 N–H and O–H groups in total. The molecular formula is C11H15ClN2O2S2. The number of rotatable bonds is 5. The summed E-state index contributed by atoms with van der Waals surface area (Å²) in [5.74, 6) is 0. The van der Waals surface area contributed by atoms with Crippen molar-refractivity contribution in [2.24, 2.45) is 0 Å². The number of aromatic nitrogens is 1. The summed E-state index contributed by atoms with van der Waals surface area (Å²) in [6, 6.07) is 1.51. The summed E-state index contributed by atoms with van der Waals surface area (Å²) in [5, 5.41) is 0.312. The Morgan fingerprint density at radius 2 is 2.28 bits per heavy atom. The van der Waals surface area contributed by atoms with Crippen molar-refractivity contribution in [1.82, 2.24) is 9.71 Å². The summed E-state index contributed by atoms with van der Waals surface area (Å²) < 4.78 is 26.5. The van der Waals surface area contributed by atoms with Crippen molar-refractivity contribution in [2.45, 2.75) is 18.7 Å².